The van der Waals surface area contributed by atoms with Gasteiger partial charge in [-0.1, -0.05) is 18.5 Å². The highest BCUT2D eigenvalue weighted by Gasteiger charge is 2.11. The predicted molar refractivity (Wildman–Crippen MR) is 78.7 cm³/mol. The van der Waals surface area contributed by atoms with E-state index in [9.17, 15) is 4.79 Å². The molecule has 0 bridgehead atoms. The van der Waals surface area contributed by atoms with Crippen molar-refractivity contribution in [3.63, 3.8) is 0 Å². The van der Waals surface area contributed by atoms with E-state index >= 15 is 0 Å². The molecule has 0 spiro atoms. The molecule has 0 saturated carbocycles. The maximum atomic E-state index is 11.9. The van der Waals surface area contributed by atoms with Gasteiger partial charge in [0.15, 0.2) is 0 Å². The predicted octanol–water partition coefficient (Wildman–Crippen LogP) is 2.65. The summed E-state index contributed by atoms with van der Waals surface area (Å²) < 4.78 is 0. The van der Waals surface area contributed by atoms with E-state index in [0.29, 0.717) is 28.2 Å². The minimum Gasteiger partial charge on any atom is -0.373 e. The van der Waals surface area contributed by atoms with E-state index in [1.54, 1.807) is 24.9 Å². The summed E-state index contributed by atoms with van der Waals surface area (Å²) in [6.07, 6.45) is 4.48. The Morgan fingerprint density at radius 2 is 2.33 bits per heavy atom. The van der Waals surface area contributed by atoms with Crippen molar-refractivity contribution >= 4 is 35.1 Å². The fourth-order valence-electron chi connectivity index (χ4n) is 1.35. The summed E-state index contributed by atoms with van der Waals surface area (Å²) in [7, 11) is 1.75. The van der Waals surface area contributed by atoms with Crippen LogP contribution in [0.1, 0.15) is 23.7 Å². The van der Waals surface area contributed by atoms with Gasteiger partial charge in [0.2, 0.25) is 0 Å². The van der Waals surface area contributed by atoms with Crippen LogP contribution in [0.2, 0.25) is 5.02 Å². The number of nitrogens with zero attached hydrogens (tertiary/aromatic N) is 1. The molecule has 1 aromatic rings. The third-order valence-electron chi connectivity index (χ3n) is 2.59. The summed E-state index contributed by atoms with van der Waals surface area (Å²) in [5.41, 5.74) is 0.452. The van der Waals surface area contributed by atoms with Crippen LogP contribution in [0.3, 0.4) is 0 Å². The number of anilines is 1. The zero-order valence-corrected chi connectivity index (χ0v) is 12.4. The fraction of sp³-hybridized carbons (Fsp3) is 0.500. The molecule has 0 fully saturated rings. The van der Waals surface area contributed by atoms with Gasteiger partial charge in [0, 0.05) is 25.0 Å². The number of nitrogens with one attached hydrogen (secondary N) is 2. The summed E-state index contributed by atoms with van der Waals surface area (Å²) in [5.74, 6) is 0.467. The Labute approximate surface area is 117 Å². The van der Waals surface area contributed by atoms with Gasteiger partial charge in [0.05, 0.1) is 10.6 Å². The molecular formula is C12H18ClN3OS. The number of carbonyl (C=O) groups is 1. The summed E-state index contributed by atoms with van der Waals surface area (Å²) in [6, 6.07) is 1.65. The Morgan fingerprint density at radius 1 is 1.61 bits per heavy atom. The number of carbonyl (C=O) groups excluding carboxylic acids is 1. The van der Waals surface area contributed by atoms with Crippen molar-refractivity contribution in [1.29, 1.82) is 0 Å². The standard InChI is InChI=1S/C12H18ClN3OS/c1-8(18-3)4-5-15-12(17)9-6-11(14-2)16-7-10(9)13/h6-8H,4-5H2,1-3H3,(H,14,16)(H,15,17). The lowest BCUT2D eigenvalue weighted by atomic mass is 10.2. The third-order valence-corrected chi connectivity index (χ3v) is 3.94. The topological polar surface area (TPSA) is 54.0 Å². The number of aromatic nitrogens is 1. The van der Waals surface area contributed by atoms with Crippen LogP contribution in [0, 0.1) is 0 Å². The van der Waals surface area contributed by atoms with E-state index in [2.05, 4.69) is 28.8 Å². The first-order valence-electron chi connectivity index (χ1n) is 5.72. The van der Waals surface area contributed by atoms with Crippen molar-refractivity contribution in [3.05, 3.63) is 22.8 Å². The first-order valence-corrected chi connectivity index (χ1v) is 7.39. The molecule has 0 aromatic carbocycles. The van der Waals surface area contributed by atoms with Gasteiger partial charge in [-0.15, -0.1) is 0 Å². The fourth-order valence-corrected chi connectivity index (χ4v) is 1.89. The van der Waals surface area contributed by atoms with Crippen LogP contribution in [0.4, 0.5) is 5.82 Å². The molecule has 4 nitrogen and oxygen atoms in total. The molecule has 1 unspecified atom stereocenters. The van der Waals surface area contributed by atoms with Gasteiger partial charge in [-0.05, 0) is 18.7 Å². The van der Waals surface area contributed by atoms with Crippen molar-refractivity contribution < 1.29 is 4.79 Å². The molecule has 0 aliphatic heterocycles. The van der Waals surface area contributed by atoms with Gasteiger partial charge in [-0.2, -0.15) is 11.8 Å². The number of pyridine rings is 1. The van der Waals surface area contributed by atoms with E-state index in [0.717, 1.165) is 6.42 Å². The average molecular weight is 288 g/mol. The molecule has 1 atom stereocenters. The van der Waals surface area contributed by atoms with Gasteiger partial charge in [-0.25, -0.2) is 4.98 Å². The summed E-state index contributed by atoms with van der Waals surface area (Å²) in [4.78, 5) is 16.0. The van der Waals surface area contributed by atoms with E-state index in [1.165, 1.54) is 6.20 Å². The first-order chi connectivity index (χ1) is 8.58. The molecule has 1 heterocycles. The Morgan fingerprint density at radius 3 is 2.94 bits per heavy atom. The van der Waals surface area contributed by atoms with Crippen LogP contribution in [-0.4, -0.2) is 36.0 Å². The molecule has 100 valence electrons. The van der Waals surface area contributed by atoms with Crippen LogP contribution in [-0.2, 0) is 0 Å². The highest BCUT2D eigenvalue weighted by Crippen LogP contribution is 2.17. The van der Waals surface area contributed by atoms with Crippen LogP contribution >= 0.6 is 23.4 Å². The number of halogens is 1. The SMILES string of the molecule is CNc1cc(C(=O)NCCC(C)SC)c(Cl)cn1. The Bertz CT molecular complexity index is 414. The van der Waals surface area contributed by atoms with E-state index in [-0.39, 0.29) is 5.91 Å². The molecule has 0 aliphatic rings. The number of hydrogen-bond acceptors (Lipinski definition) is 4. The van der Waals surface area contributed by atoms with Gasteiger partial charge < -0.3 is 10.6 Å². The molecule has 0 aliphatic carbocycles. The summed E-state index contributed by atoms with van der Waals surface area (Å²) in [5, 5.41) is 6.64. The van der Waals surface area contributed by atoms with Crippen molar-refractivity contribution in [2.24, 2.45) is 0 Å². The Hall–Kier alpha value is -0.940. The maximum absolute atomic E-state index is 11.9. The molecule has 1 amide bonds. The third kappa shape index (κ3) is 4.38. The van der Waals surface area contributed by atoms with E-state index in [1.807, 2.05) is 0 Å². The molecule has 6 heteroatoms. The lowest BCUT2D eigenvalue weighted by Gasteiger charge is -2.10. The lowest BCUT2D eigenvalue weighted by molar-refractivity contribution is 0.0953. The number of rotatable bonds is 6. The number of thioether (sulfide) groups is 1. The van der Waals surface area contributed by atoms with Gasteiger partial charge in [0.1, 0.15) is 5.82 Å². The minimum atomic E-state index is -0.160. The van der Waals surface area contributed by atoms with Crippen molar-refractivity contribution in [2.45, 2.75) is 18.6 Å². The zero-order chi connectivity index (χ0) is 13.5. The second kappa shape index (κ2) is 7.48. The highest BCUT2D eigenvalue weighted by atomic mass is 35.5. The molecule has 2 N–H and O–H groups in total. The van der Waals surface area contributed by atoms with Crippen LogP contribution in [0.15, 0.2) is 12.3 Å². The first kappa shape index (κ1) is 15.1. The molecule has 1 rings (SSSR count). The van der Waals surface area contributed by atoms with Crippen molar-refractivity contribution in [3.8, 4) is 0 Å². The molecule has 1 aromatic heterocycles. The second-order valence-electron chi connectivity index (χ2n) is 3.89. The van der Waals surface area contributed by atoms with Crippen molar-refractivity contribution in [2.75, 3.05) is 25.2 Å². The monoisotopic (exact) mass is 287 g/mol. The molecular weight excluding hydrogens is 270 g/mol. The zero-order valence-electron chi connectivity index (χ0n) is 10.8. The van der Waals surface area contributed by atoms with Crippen molar-refractivity contribution in [1.82, 2.24) is 10.3 Å². The molecule has 18 heavy (non-hydrogen) atoms. The summed E-state index contributed by atoms with van der Waals surface area (Å²) in [6.45, 7) is 2.78. The van der Waals surface area contributed by atoms with Crippen LogP contribution < -0.4 is 10.6 Å². The molecule has 0 saturated heterocycles. The second-order valence-corrected chi connectivity index (χ2v) is 5.57. The van der Waals surface area contributed by atoms with E-state index < -0.39 is 0 Å². The average Bonchev–Trinajstić information content (AvgIpc) is 2.38. The highest BCUT2D eigenvalue weighted by molar-refractivity contribution is 7.99. The Balaban J connectivity index is 2.61. The van der Waals surface area contributed by atoms with E-state index in [4.69, 9.17) is 11.6 Å². The quantitative estimate of drug-likeness (QED) is 0.845. The number of amides is 1. The van der Waals surface area contributed by atoms with Crippen LogP contribution in [0.5, 0.6) is 0 Å². The summed E-state index contributed by atoms with van der Waals surface area (Å²) >= 11 is 7.75. The van der Waals surface area contributed by atoms with Crippen LogP contribution in [0.25, 0.3) is 0 Å². The Kier molecular flexibility index (Phi) is 6.29. The number of hydrogen-bond donors (Lipinski definition) is 2. The maximum Gasteiger partial charge on any atom is 0.252 e. The minimum absolute atomic E-state index is 0.160. The van der Waals surface area contributed by atoms with Gasteiger partial charge in [0.25, 0.3) is 5.91 Å². The largest absolute Gasteiger partial charge is 0.373 e. The smallest absolute Gasteiger partial charge is 0.252 e. The van der Waals surface area contributed by atoms with Gasteiger partial charge in [-0.3, -0.25) is 4.79 Å². The normalized spacial score (nSPS) is 12.0. The van der Waals surface area contributed by atoms with Gasteiger partial charge >= 0.3 is 0 Å². The lowest BCUT2D eigenvalue weighted by Crippen LogP contribution is -2.26. The molecule has 0 radical (unpaired) electrons.